The molecule has 116 valence electrons. The SMILES string of the molecule is CCCOCCOCCC(C#N)(NCC)c1ccccc1. The van der Waals surface area contributed by atoms with E-state index in [9.17, 15) is 5.26 Å². The van der Waals surface area contributed by atoms with Gasteiger partial charge in [0.15, 0.2) is 0 Å². The van der Waals surface area contributed by atoms with E-state index < -0.39 is 5.54 Å². The van der Waals surface area contributed by atoms with Crippen LogP contribution in [0.3, 0.4) is 0 Å². The van der Waals surface area contributed by atoms with Crippen LogP contribution in [-0.4, -0.2) is 33.0 Å². The minimum Gasteiger partial charge on any atom is -0.379 e. The summed E-state index contributed by atoms with van der Waals surface area (Å²) in [6.45, 7) is 7.31. The van der Waals surface area contributed by atoms with Crippen molar-refractivity contribution in [2.75, 3.05) is 33.0 Å². The van der Waals surface area contributed by atoms with Gasteiger partial charge in [0.2, 0.25) is 0 Å². The van der Waals surface area contributed by atoms with Crippen LogP contribution in [-0.2, 0) is 15.0 Å². The Bertz CT molecular complexity index is 417. The number of benzene rings is 1. The maximum absolute atomic E-state index is 9.64. The quantitative estimate of drug-likeness (QED) is 0.637. The molecule has 0 saturated carbocycles. The molecule has 21 heavy (non-hydrogen) atoms. The summed E-state index contributed by atoms with van der Waals surface area (Å²) >= 11 is 0. The summed E-state index contributed by atoms with van der Waals surface area (Å²) in [5.74, 6) is 0. The van der Waals surface area contributed by atoms with E-state index in [4.69, 9.17) is 9.47 Å². The molecule has 0 amide bonds. The van der Waals surface area contributed by atoms with Crippen LogP contribution in [0, 0.1) is 11.3 Å². The molecule has 0 bridgehead atoms. The fourth-order valence-corrected chi connectivity index (χ4v) is 2.21. The van der Waals surface area contributed by atoms with Crippen molar-refractivity contribution in [3.8, 4) is 6.07 Å². The highest BCUT2D eigenvalue weighted by atomic mass is 16.5. The maximum Gasteiger partial charge on any atom is 0.134 e. The van der Waals surface area contributed by atoms with Crippen LogP contribution in [0.5, 0.6) is 0 Å². The average Bonchev–Trinajstić information content (AvgIpc) is 2.54. The molecule has 1 unspecified atom stereocenters. The Labute approximate surface area is 128 Å². The lowest BCUT2D eigenvalue weighted by Gasteiger charge is -2.28. The van der Waals surface area contributed by atoms with Crippen LogP contribution in [0.15, 0.2) is 30.3 Å². The number of nitriles is 1. The van der Waals surface area contributed by atoms with Gasteiger partial charge in [0.25, 0.3) is 0 Å². The summed E-state index contributed by atoms with van der Waals surface area (Å²) in [6.07, 6.45) is 1.64. The third kappa shape index (κ3) is 5.84. The summed E-state index contributed by atoms with van der Waals surface area (Å²) in [5.41, 5.74) is 0.306. The molecule has 1 aromatic carbocycles. The van der Waals surface area contributed by atoms with Crippen LogP contribution in [0.2, 0.25) is 0 Å². The van der Waals surface area contributed by atoms with Gasteiger partial charge >= 0.3 is 0 Å². The van der Waals surface area contributed by atoms with Gasteiger partial charge < -0.3 is 9.47 Å². The van der Waals surface area contributed by atoms with Crippen LogP contribution in [0.4, 0.5) is 0 Å². The Morgan fingerprint density at radius 2 is 1.71 bits per heavy atom. The van der Waals surface area contributed by atoms with Gasteiger partial charge in [-0.1, -0.05) is 44.2 Å². The van der Waals surface area contributed by atoms with Crippen LogP contribution in [0.1, 0.15) is 32.3 Å². The number of hydrogen-bond donors (Lipinski definition) is 1. The molecule has 0 fully saturated rings. The van der Waals surface area contributed by atoms with E-state index in [1.807, 2.05) is 37.3 Å². The molecule has 0 aromatic heterocycles. The summed E-state index contributed by atoms with van der Waals surface area (Å²) in [7, 11) is 0. The van der Waals surface area contributed by atoms with E-state index in [0.717, 1.165) is 25.1 Å². The van der Waals surface area contributed by atoms with Crippen molar-refractivity contribution in [1.82, 2.24) is 5.32 Å². The van der Waals surface area contributed by atoms with Gasteiger partial charge in [0.05, 0.1) is 19.3 Å². The van der Waals surface area contributed by atoms with Crippen LogP contribution >= 0.6 is 0 Å². The predicted molar refractivity (Wildman–Crippen MR) is 84.0 cm³/mol. The number of nitrogens with one attached hydrogen (secondary N) is 1. The molecule has 0 aliphatic carbocycles. The highest BCUT2D eigenvalue weighted by Gasteiger charge is 2.30. The molecule has 0 spiro atoms. The third-order valence-electron chi connectivity index (χ3n) is 3.28. The van der Waals surface area contributed by atoms with E-state index in [0.29, 0.717) is 26.2 Å². The highest BCUT2D eigenvalue weighted by Crippen LogP contribution is 2.24. The Morgan fingerprint density at radius 1 is 1.05 bits per heavy atom. The molecule has 0 aliphatic rings. The molecule has 1 rings (SSSR count). The fraction of sp³-hybridized carbons (Fsp3) is 0.588. The Kier molecular flexibility index (Phi) is 8.68. The van der Waals surface area contributed by atoms with Crippen molar-refractivity contribution in [2.45, 2.75) is 32.2 Å². The molecule has 1 aromatic rings. The van der Waals surface area contributed by atoms with E-state index in [-0.39, 0.29) is 0 Å². The molecule has 0 radical (unpaired) electrons. The standard InChI is InChI=1S/C17H26N2O2/c1-3-11-20-13-14-21-12-10-17(15-18,19-4-2)16-8-6-5-7-9-16/h5-9,19H,3-4,10-14H2,1-2H3. The normalized spacial score (nSPS) is 13.6. The topological polar surface area (TPSA) is 54.3 Å². The van der Waals surface area contributed by atoms with Crippen LogP contribution < -0.4 is 5.32 Å². The molecule has 1 N–H and O–H groups in total. The van der Waals surface area contributed by atoms with Gasteiger partial charge in [0, 0.05) is 19.6 Å². The van der Waals surface area contributed by atoms with Gasteiger partial charge in [-0.15, -0.1) is 0 Å². The second-order valence-electron chi connectivity index (χ2n) is 4.89. The Balaban J connectivity index is 2.50. The van der Waals surface area contributed by atoms with Gasteiger partial charge in [-0.05, 0) is 18.5 Å². The summed E-state index contributed by atoms with van der Waals surface area (Å²) in [6, 6.07) is 12.3. The maximum atomic E-state index is 9.64. The zero-order chi connectivity index (χ0) is 15.4. The third-order valence-corrected chi connectivity index (χ3v) is 3.28. The highest BCUT2D eigenvalue weighted by molar-refractivity contribution is 5.31. The monoisotopic (exact) mass is 290 g/mol. The summed E-state index contributed by atoms with van der Waals surface area (Å²) < 4.78 is 11.0. The molecule has 1 atom stereocenters. The molecule has 0 aliphatic heterocycles. The van der Waals surface area contributed by atoms with E-state index in [1.54, 1.807) is 0 Å². The minimum absolute atomic E-state index is 0.533. The largest absolute Gasteiger partial charge is 0.379 e. The number of hydrogen-bond acceptors (Lipinski definition) is 4. The lowest BCUT2D eigenvalue weighted by atomic mass is 9.88. The minimum atomic E-state index is -0.680. The van der Waals surface area contributed by atoms with Crippen molar-refractivity contribution in [2.24, 2.45) is 0 Å². The second kappa shape index (κ2) is 10.3. The van der Waals surface area contributed by atoms with Gasteiger partial charge in [0.1, 0.15) is 5.54 Å². The van der Waals surface area contributed by atoms with Crippen molar-refractivity contribution < 1.29 is 9.47 Å². The first-order valence-electron chi connectivity index (χ1n) is 7.66. The summed E-state index contributed by atoms with van der Waals surface area (Å²) in [5, 5.41) is 12.9. The Morgan fingerprint density at radius 3 is 2.29 bits per heavy atom. The molecule has 4 nitrogen and oxygen atoms in total. The van der Waals surface area contributed by atoms with Gasteiger partial charge in [-0.2, -0.15) is 5.26 Å². The first kappa shape index (κ1) is 17.6. The van der Waals surface area contributed by atoms with Crippen molar-refractivity contribution in [3.05, 3.63) is 35.9 Å². The van der Waals surface area contributed by atoms with Crippen molar-refractivity contribution in [1.29, 1.82) is 5.26 Å². The Hall–Kier alpha value is -1.41. The zero-order valence-electron chi connectivity index (χ0n) is 13.1. The molecule has 0 heterocycles. The van der Waals surface area contributed by atoms with Crippen molar-refractivity contribution in [3.63, 3.8) is 0 Å². The van der Waals surface area contributed by atoms with E-state index in [1.165, 1.54) is 0 Å². The lowest BCUT2D eigenvalue weighted by molar-refractivity contribution is 0.0418. The number of nitrogens with zero attached hydrogens (tertiary/aromatic N) is 1. The summed E-state index contributed by atoms with van der Waals surface area (Å²) in [4.78, 5) is 0. The molecule has 4 heteroatoms. The number of rotatable bonds is 11. The number of ether oxygens (including phenoxy) is 2. The average molecular weight is 290 g/mol. The smallest absolute Gasteiger partial charge is 0.134 e. The van der Waals surface area contributed by atoms with Crippen LogP contribution in [0.25, 0.3) is 0 Å². The fourth-order valence-electron chi connectivity index (χ4n) is 2.21. The zero-order valence-corrected chi connectivity index (χ0v) is 13.1. The first-order valence-corrected chi connectivity index (χ1v) is 7.66. The van der Waals surface area contributed by atoms with Gasteiger partial charge in [-0.25, -0.2) is 0 Å². The lowest BCUT2D eigenvalue weighted by Crippen LogP contribution is -2.42. The predicted octanol–water partition coefficient (Wildman–Crippen LogP) is 2.85. The molecular weight excluding hydrogens is 264 g/mol. The molecular formula is C17H26N2O2. The van der Waals surface area contributed by atoms with Gasteiger partial charge in [-0.3, -0.25) is 5.32 Å². The van der Waals surface area contributed by atoms with E-state index in [2.05, 4.69) is 18.3 Å². The van der Waals surface area contributed by atoms with E-state index >= 15 is 0 Å². The second-order valence-corrected chi connectivity index (χ2v) is 4.89. The first-order chi connectivity index (χ1) is 10.3. The van der Waals surface area contributed by atoms with Crippen molar-refractivity contribution >= 4 is 0 Å². The molecule has 0 saturated heterocycles.